The van der Waals surface area contributed by atoms with E-state index in [1.807, 2.05) is 4.90 Å². The van der Waals surface area contributed by atoms with Crippen molar-refractivity contribution in [2.45, 2.75) is 44.3 Å². The third-order valence-corrected chi connectivity index (χ3v) is 9.73. The lowest BCUT2D eigenvalue weighted by molar-refractivity contribution is -0.136. The first kappa shape index (κ1) is 27.5. The number of hydrogen-bond acceptors (Lipinski definition) is 4. The van der Waals surface area contributed by atoms with E-state index in [9.17, 15) is 13.2 Å². The molecule has 0 aromatic heterocycles. The molecule has 0 saturated carbocycles. The Labute approximate surface area is 228 Å². The first-order valence-electron chi connectivity index (χ1n) is 12.2. The van der Waals surface area contributed by atoms with Crippen molar-refractivity contribution in [2.75, 3.05) is 32.8 Å². The average Bonchev–Trinajstić information content (AvgIpc) is 2.86. The highest BCUT2D eigenvalue weighted by atomic mass is 35.5. The molecule has 1 atom stereocenters. The molecule has 4 rings (SSSR count). The Hall–Kier alpha value is -1.51. The molecule has 2 aliphatic rings. The lowest BCUT2D eigenvalue weighted by Crippen LogP contribution is -2.51. The zero-order chi connectivity index (χ0) is 25.8. The van der Waals surface area contributed by atoms with Crippen LogP contribution in [0.4, 0.5) is 0 Å². The van der Waals surface area contributed by atoms with Crippen LogP contribution in [0.1, 0.15) is 44.1 Å². The maximum absolute atomic E-state index is 13.4. The highest BCUT2D eigenvalue weighted by Crippen LogP contribution is 2.37. The number of carbonyl (C=O) groups excluding carboxylic acids is 1. The van der Waals surface area contributed by atoms with Gasteiger partial charge in [0.15, 0.2) is 0 Å². The summed E-state index contributed by atoms with van der Waals surface area (Å²) < 4.78 is 34.5. The van der Waals surface area contributed by atoms with Gasteiger partial charge in [0.1, 0.15) is 5.75 Å². The van der Waals surface area contributed by atoms with Crippen LogP contribution in [0.25, 0.3) is 0 Å². The van der Waals surface area contributed by atoms with Crippen LogP contribution in [-0.4, -0.2) is 56.3 Å². The summed E-state index contributed by atoms with van der Waals surface area (Å²) in [6, 6.07) is 11.9. The predicted molar refractivity (Wildman–Crippen MR) is 144 cm³/mol. The highest BCUT2D eigenvalue weighted by Gasteiger charge is 2.42. The van der Waals surface area contributed by atoms with Crippen LogP contribution in [0.5, 0.6) is 5.75 Å². The van der Waals surface area contributed by atoms with Crippen molar-refractivity contribution in [3.05, 3.63) is 63.1 Å². The number of ether oxygens (including phenoxy) is 1. The minimum absolute atomic E-state index is 0.0677. The van der Waals surface area contributed by atoms with E-state index in [4.69, 9.17) is 39.5 Å². The Morgan fingerprint density at radius 3 is 2.33 bits per heavy atom. The Morgan fingerprint density at radius 2 is 1.64 bits per heavy atom. The summed E-state index contributed by atoms with van der Waals surface area (Å²) >= 11 is 18.1. The summed E-state index contributed by atoms with van der Waals surface area (Å²) in [5.41, 5.74) is -0.0562. The molecule has 36 heavy (non-hydrogen) atoms. The maximum atomic E-state index is 13.4. The van der Waals surface area contributed by atoms with Gasteiger partial charge in [-0.1, -0.05) is 40.9 Å². The second-order valence-corrected chi connectivity index (χ2v) is 13.0. The van der Waals surface area contributed by atoms with Gasteiger partial charge in [-0.05, 0) is 74.1 Å². The SMILES string of the molecule is O=C(C[C@@]1(COc2ccc(Cl)cc2)CCCN(S(=O)(=O)Cc2ccc(Cl)c(Cl)c2)C1)N1CCCCC1. The molecule has 0 unspecified atom stereocenters. The Bertz CT molecular complexity index is 1170. The number of sulfonamides is 1. The van der Waals surface area contributed by atoms with Crippen LogP contribution in [0.15, 0.2) is 42.5 Å². The minimum atomic E-state index is -3.65. The molecule has 1 amide bonds. The van der Waals surface area contributed by atoms with Gasteiger partial charge in [0.05, 0.1) is 22.4 Å². The summed E-state index contributed by atoms with van der Waals surface area (Å²) in [6.45, 7) is 2.39. The van der Waals surface area contributed by atoms with Gasteiger partial charge in [0.25, 0.3) is 0 Å². The van der Waals surface area contributed by atoms with Crippen LogP contribution in [0.3, 0.4) is 0 Å². The second-order valence-electron chi connectivity index (χ2n) is 9.80. The molecule has 0 N–H and O–H groups in total. The number of likely N-dealkylation sites (tertiary alicyclic amines) is 1. The van der Waals surface area contributed by atoms with E-state index in [0.29, 0.717) is 45.8 Å². The van der Waals surface area contributed by atoms with Gasteiger partial charge < -0.3 is 9.64 Å². The number of rotatable bonds is 8. The van der Waals surface area contributed by atoms with Crippen LogP contribution >= 0.6 is 34.8 Å². The monoisotopic (exact) mass is 572 g/mol. The minimum Gasteiger partial charge on any atom is -0.493 e. The van der Waals surface area contributed by atoms with E-state index >= 15 is 0 Å². The van der Waals surface area contributed by atoms with Crippen molar-refractivity contribution in [3.63, 3.8) is 0 Å². The van der Waals surface area contributed by atoms with Crippen LogP contribution in [0, 0.1) is 5.41 Å². The van der Waals surface area contributed by atoms with Crippen molar-refractivity contribution in [1.29, 1.82) is 0 Å². The molecule has 0 radical (unpaired) electrons. The average molecular weight is 574 g/mol. The van der Waals surface area contributed by atoms with Crippen molar-refractivity contribution < 1.29 is 17.9 Å². The molecule has 0 aliphatic carbocycles. The van der Waals surface area contributed by atoms with Gasteiger partial charge in [0.2, 0.25) is 15.9 Å². The first-order valence-corrected chi connectivity index (χ1v) is 15.0. The maximum Gasteiger partial charge on any atom is 0.223 e. The molecule has 196 valence electrons. The zero-order valence-corrected chi connectivity index (χ0v) is 23.2. The number of carbonyl (C=O) groups is 1. The molecule has 2 saturated heterocycles. The number of nitrogens with zero attached hydrogens (tertiary/aromatic N) is 2. The summed E-state index contributed by atoms with van der Waals surface area (Å²) in [5.74, 6) is 0.524. The van der Waals surface area contributed by atoms with Gasteiger partial charge in [-0.25, -0.2) is 12.7 Å². The van der Waals surface area contributed by atoms with Crippen molar-refractivity contribution in [1.82, 2.24) is 9.21 Å². The lowest BCUT2D eigenvalue weighted by Gasteiger charge is -2.42. The van der Waals surface area contributed by atoms with Crippen LogP contribution < -0.4 is 4.74 Å². The molecule has 0 spiro atoms. The van der Waals surface area contributed by atoms with Crippen molar-refractivity contribution in [2.24, 2.45) is 5.41 Å². The largest absolute Gasteiger partial charge is 0.493 e. The number of amides is 1. The zero-order valence-electron chi connectivity index (χ0n) is 20.1. The van der Waals surface area contributed by atoms with Crippen LogP contribution in [-0.2, 0) is 20.6 Å². The number of piperidine rings is 2. The Morgan fingerprint density at radius 1 is 0.917 bits per heavy atom. The fourth-order valence-electron chi connectivity index (χ4n) is 4.99. The third kappa shape index (κ3) is 7.07. The Kier molecular flexibility index (Phi) is 9.10. The van der Waals surface area contributed by atoms with E-state index in [1.165, 1.54) is 4.31 Å². The van der Waals surface area contributed by atoms with Gasteiger partial charge in [-0.15, -0.1) is 0 Å². The molecule has 2 fully saturated rings. The summed E-state index contributed by atoms with van der Waals surface area (Å²) in [6.07, 6.45) is 4.75. The normalized spacial score (nSPS) is 21.4. The van der Waals surface area contributed by atoms with E-state index in [2.05, 4.69) is 0 Å². The van der Waals surface area contributed by atoms with E-state index in [-0.39, 0.29) is 31.2 Å². The number of benzene rings is 2. The molecule has 2 aromatic carbocycles. The fourth-order valence-corrected chi connectivity index (χ4v) is 7.10. The van der Waals surface area contributed by atoms with E-state index in [0.717, 1.165) is 32.4 Å². The van der Waals surface area contributed by atoms with E-state index < -0.39 is 15.4 Å². The lowest BCUT2D eigenvalue weighted by atomic mass is 9.78. The van der Waals surface area contributed by atoms with Gasteiger partial charge in [-0.2, -0.15) is 0 Å². The molecule has 2 aliphatic heterocycles. The van der Waals surface area contributed by atoms with Crippen molar-refractivity contribution >= 4 is 50.7 Å². The van der Waals surface area contributed by atoms with E-state index in [1.54, 1.807) is 42.5 Å². The molecule has 2 heterocycles. The standard InChI is InChI=1S/C26H31Cl3N2O4S/c27-21-6-8-22(9-7-21)35-19-26(16-25(32)30-12-2-1-3-13-30)11-4-14-31(18-26)36(33,34)17-20-5-10-23(28)24(29)15-20/h5-10,15H,1-4,11-14,16-19H2/t26-/m0/s1. The smallest absolute Gasteiger partial charge is 0.223 e. The number of halogens is 3. The summed E-state index contributed by atoms with van der Waals surface area (Å²) in [4.78, 5) is 15.2. The highest BCUT2D eigenvalue weighted by molar-refractivity contribution is 7.88. The number of hydrogen-bond donors (Lipinski definition) is 0. The molecule has 6 nitrogen and oxygen atoms in total. The second kappa shape index (κ2) is 11.9. The summed E-state index contributed by atoms with van der Waals surface area (Å²) in [5, 5.41) is 1.31. The van der Waals surface area contributed by atoms with Gasteiger partial charge in [0, 0.05) is 43.0 Å². The van der Waals surface area contributed by atoms with Crippen LogP contribution in [0.2, 0.25) is 15.1 Å². The fraction of sp³-hybridized carbons (Fsp3) is 0.500. The molecule has 10 heteroatoms. The summed E-state index contributed by atoms with van der Waals surface area (Å²) in [7, 11) is -3.65. The molecule has 0 bridgehead atoms. The molecule has 2 aromatic rings. The predicted octanol–water partition coefficient (Wildman–Crippen LogP) is 6.04. The molecular weight excluding hydrogens is 543 g/mol. The van der Waals surface area contributed by atoms with Crippen molar-refractivity contribution in [3.8, 4) is 5.75 Å². The van der Waals surface area contributed by atoms with Gasteiger partial charge >= 0.3 is 0 Å². The quantitative estimate of drug-likeness (QED) is 0.386. The Balaban J connectivity index is 1.53. The van der Waals surface area contributed by atoms with Gasteiger partial charge in [-0.3, -0.25) is 4.79 Å². The first-order chi connectivity index (χ1) is 17.2. The topological polar surface area (TPSA) is 66.9 Å². The molecular formula is C26H31Cl3N2O4S. The third-order valence-electron chi connectivity index (χ3n) is 6.95.